The number of halogens is 2. The number of anilines is 2. The number of nitrogens with one attached hydrogen (secondary N) is 2. The molecular weight excluding hydrogens is 383 g/mol. The van der Waals surface area contributed by atoms with Crippen molar-refractivity contribution in [3.05, 3.63) is 52.5 Å². The molecule has 0 bridgehead atoms. The second-order valence-electron chi connectivity index (χ2n) is 5.65. The Hall–Kier alpha value is -2.02. The lowest BCUT2D eigenvalue weighted by atomic mass is 10.1. The van der Waals surface area contributed by atoms with E-state index in [1.54, 1.807) is 42.5 Å². The van der Waals surface area contributed by atoms with Gasteiger partial charge in [-0.05, 0) is 68.5 Å². The van der Waals surface area contributed by atoms with Crippen molar-refractivity contribution in [1.82, 2.24) is 0 Å². The summed E-state index contributed by atoms with van der Waals surface area (Å²) in [7, 11) is 0. The molecule has 0 radical (unpaired) electrons. The molecule has 0 atom stereocenters. The number of carboxylic acid groups (broad SMARTS) is 1. The summed E-state index contributed by atoms with van der Waals surface area (Å²) in [6.45, 7) is 2.97. The van der Waals surface area contributed by atoms with Gasteiger partial charge in [-0.2, -0.15) is 0 Å². The zero-order valence-corrected chi connectivity index (χ0v) is 15.8. The van der Waals surface area contributed by atoms with Gasteiger partial charge < -0.3 is 20.5 Å². The van der Waals surface area contributed by atoms with E-state index >= 15 is 0 Å². The van der Waals surface area contributed by atoms with Gasteiger partial charge in [0.05, 0.1) is 10.0 Å². The molecule has 2 aromatic rings. The van der Waals surface area contributed by atoms with Crippen LogP contribution in [0.5, 0.6) is 5.75 Å². The van der Waals surface area contributed by atoms with Crippen LogP contribution in [0.1, 0.15) is 13.8 Å². The fraction of sp³-hybridized carbons (Fsp3) is 0.176. The zero-order valence-electron chi connectivity index (χ0n) is 13.5. The van der Waals surface area contributed by atoms with Crippen LogP contribution in [0.3, 0.4) is 0 Å². The lowest BCUT2D eigenvalue weighted by Gasteiger charge is -2.21. The van der Waals surface area contributed by atoms with Gasteiger partial charge in [-0.3, -0.25) is 0 Å². The van der Waals surface area contributed by atoms with Crippen LogP contribution in [0.25, 0.3) is 0 Å². The molecule has 2 aromatic carbocycles. The molecule has 0 saturated heterocycles. The SMILES string of the molecule is CC(C)(Oc1ccc(NC(=S)Nc2ccc(Cl)c(Cl)c2)cc1)C(=O)O. The lowest BCUT2D eigenvalue weighted by molar-refractivity contribution is -0.152. The number of hydrogen-bond donors (Lipinski definition) is 3. The zero-order chi connectivity index (χ0) is 18.6. The minimum atomic E-state index is -1.31. The summed E-state index contributed by atoms with van der Waals surface area (Å²) < 4.78 is 5.44. The lowest BCUT2D eigenvalue weighted by Crippen LogP contribution is -2.37. The summed E-state index contributed by atoms with van der Waals surface area (Å²) in [6.07, 6.45) is 0. The van der Waals surface area contributed by atoms with Crippen LogP contribution in [0.15, 0.2) is 42.5 Å². The molecule has 132 valence electrons. The molecule has 8 heteroatoms. The van der Waals surface area contributed by atoms with Crippen molar-refractivity contribution in [1.29, 1.82) is 0 Å². The van der Waals surface area contributed by atoms with Crippen LogP contribution in [0.4, 0.5) is 11.4 Å². The van der Waals surface area contributed by atoms with Crippen LogP contribution >= 0.6 is 35.4 Å². The molecule has 0 fully saturated rings. The molecule has 0 unspecified atom stereocenters. The smallest absolute Gasteiger partial charge is 0.347 e. The first kappa shape index (κ1) is 19.3. The largest absolute Gasteiger partial charge is 0.478 e. The number of thiocarbonyl (C=S) groups is 1. The van der Waals surface area contributed by atoms with E-state index in [2.05, 4.69) is 10.6 Å². The fourth-order valence-corrected chi connectivity index (χ4v) is 2.35. The highest BCUT2D eigenvalue weighted by molar-refractivity contribution is 7.80. The summed E-state index contributed by atoms with van der Waals surface area (Å²) in [5.74, 6) is -0.594. The average Bonchev–Trinajstić information content (AvgIpc) is 2.52. The van der Waals surface area contributed by atoms with Gasteiger partial charge in [-0.1, -0.05) is 23.2 Å². The Labute approximate surface area is 160 Å². The number of carbonyl (C=O) groups is 1. The number of rotatable bonds is 5. The van der Waals surface area contributed by atoms with Gasteiger partial charge >= 0.3 is 5.97 Å². The number of carboxylic acids is 1. The molecule has 0 heterocycles. The first-order chi connectivity index (χ1) is 11.7. The fourth-order valence-electron chi connectivity index (χ4n) is 1.81. The van der Waals surface area contributed by atoms with Crippen LogP contribution in [-0.4, -0.2) is 21.8 Å². The number of aliphatic carboxylic acids is 1. The van der Waals surface area contributed by atoms with E-state index < -0.39 is 11.6 Å². The maximum Gasteiger partial charge on any atom is 0.347 e. The van der Waals surface area contributed by atoms with Gasteiger partial charge in [0.25, 0.3) is 0 Å². The summed E-state index contributed by atoms with van der Waals surface area (Å²) in [5.41, 5.74) is 0.118. The predicted octanol–water partition coefficient (Wildman–Crippen LogP) is 5.04. The summed E-state index contributed by atoms with van der Waals surface area (Å²) in [6, 6.07) is 11.9. The van der Waals surface area contributed by atoms with E-state index in [1.807, 2.05) is 0 Å². The van der Waals surface area contributed by atoms with Crippen molar-refractivity contribution >= 4 is 57.9 Å². The second-order valence-corrected chi connectivity index (χ2v) is 6.87. The minimum absolute atomic E-state index is 0.373. The third-order valence-corrected chi connectivity index (χ3v) is 4.12. The van der Waals surface area contributed by atoms with E-state index in [0.717, 1.165) is 5.69 Å². The summed E-state index contributed by atoms with van der Waals surface area (Å²) >= 11 is 17.1. The average molecular weight is 399 g/mol. The Morgan fingerprint density at radius 1 is 1.04 bits per heavy atom. The third-order valence-electron chi connectivity index (χ3n) is 3.18. The maximum absolute atomic E-state index is 11.1. The Balaban J connectivity index is 1.97. The van der Waals surface area contributed by atoms with E-state index in [9.17, 15) is 4.79 Å². The first-order valence-electron chi connectivity index (χ1n) is 7.23. The molecule has 0 aliphatic rings. The van der Waals surface area contributed by atoms with E-state index in [4.69, 9.17) is 45.3 Å². The van der Waals surface area contributed by atoms with Crippen molar-refractivity contribution in [3.8, 4) is 5.75 Å². The van der Waals surface area contributed by atoms with Crippen LogP contribution in [-0.2, 0) is 4.79 Å². The van der Waals surface area contributed by atoms with Gasteiger partial charge in [0, 0.05) is 11.4 Å². The van der Waals surface area contributed by atoms with Crippen molar-refractivity contribution in [2.45, 2.75) is 19.4 Å². The van der Waals surface area contributed by atoms with Crippen molar-refractivity contribution in [2.75, 3.05) is 10.6 Å². The molecule has 0 amide bonds. The minimum Gasteiger partial charge on any atom is -0.478 e. The van der Waals surface area contributed by atoms with Gasteiger partial charge in [-0.25, -0.2) is 4.79 Å². The molecule has 0 spiro atoms. The quantitative estimate of drug-likeness (QED) is 0.612. The van der Waals surface area contributed by atoms with Gasteiger partial charge in [0.1, 0.15) is 5.75 Å². The van der Waals surface area contributed by atoms with Crippen LogP contribution in [0.2, 0.25) is 10.0 Å². The van der Waals surface area contributed by atoms with Crippen LogP contribution < -0.4 is 15.4 Å². The second kappa shape index (κ2) is 7.91. The molecule has 0 saturated carbocycles. The Bertz CT molecular complexity index is 795. The van der Waals surface area contributed by atoms with Crippen molar-refractivity contribution < 1.29 is 14.6 Å². The molecule has 2 rings (SSSR count). The highest BCUT2D eigenvalue weighted by Crippen LogP contribution is 2.25. The van der Waals surface area contributed by atoms with E-state index in [1.165, 1.54) is 13.8 Å². The van der Waals surface area contributed by atoms with Crippen molar-refractivity contribution in [3.63, 3.8) is 0 Å². The Morgan fingerprint density at radius 3 is 2.16 bits per heavy atom. The molecule has 3 N–H and O–H groups in total. The van der Waals surface area contributed by atoms with Crippen LogP contribution in [0, 0.1) is 0 Å². The predicted molar refractivity (Wildman–Crippen MR) is 105 cm³/mol. The highest BCUT2D eigenvalue weighted by atomic mass is 35.5. The molecule has 0 aliphatic carbocycles. The monoisotopic (exact) mass is 398 g/mol. The Kier molecular flexibility index (Phi) is 6.11. The van der Waals surface area contributed by atoms with Gasteiger partial charge in [-0.15, -0.1) is 0 Å². The van der Waals surface area contributed by atoms with Gasteiger partial charge in [0.2, 0.25) is 0 Å². The van der Waals surface area contributed by atoms with Gasteiger partial charge in [0.15, 0.2) is 10.7 Å². The molecular formula is C17H16Cl2N2O3S. The molecule has 25 heavy (non-hydrogen) atoms. The number of hydrogen-bond acceptors (Lipinski definition) is 3. The third kappa shape index (κ3) is 5.49. The maximum atomic E-state index is 11.1. The molecule has 0 aliphatic heterocycles. The summed E-state index contributed by atoms with van der Waals surface area (Å²) in [5, 5.41) is 16.3. The number of ether oxygens (including phenoxy) is 1. The highest BCUT2D eigenvalue weighted by Gasteiger charge is 2.29. The Morgan fingerprint density at radius 2 is 1.60 bits per heavy atom. The molecule has 0 aromatic heterocycles. The topological polar surface area (TPSA) is 70.6 Å². The van der Waals surface area contributed by atoms with E-state index in [-0.39, 0.29) is 0 Å². The van der Waals surface area contributed by atoms with E-state index in [0.29, 0.717) is 26.6 Å². The van der Waals surface area contributed by atoms with Crippen molar-refractivity contribution in [2.24, 2.45) is 0 Å². The number of benzene rings is 2. The summed E-state index contributed by atoms with van der Waals surface area (Å²) in [4.78, 5) is 11.1. The standard InChI is InChI=1S/C17H16Cl2N2O3S/c1-17(2,15(22)23)24-12-6-3-10(4-7-12)20-16(25)21-11-5-8-13(18)14(19)9-11/h3-9H,1-2H3,(H,22,23)(H2,20,21,25). The molecule has 5 nitrogen and oxygen atoms in total. The first-order valence-corrected chi connectivity index (χ1v) is 8.39. The normalized spacial score (nSPS) is 10.9.